The van der Waals surface area contributed by atoms with Gasteiger partial charge in [-0.15, -0.1) is 0 Å². The molecule has 1 aliphatic carbocycles. The molecule has 0 nitrogen and oxygen atoms in total. The van der Waals surface area contributed by atoms with Crippen LogP contribution in [0.3, 0.4) is 0 Å². The maximum atomic E-state index is 2.38. The lowest BCUT2D eigenvalue weighted by molar-refractivity contribution is 0.572. The van der Waals surface area contributed by atoms with E-state index in [-0.39, 0.29) is 0 Å². The fourth-order valence-electron chi connectivity index (χ4n) is 4.24. The molecule has 1 rings (SSSR count). The molecular formula is C25H46. The van der Waals surface area contributed by atoms with E-state index in [2.05, 4.69) is 27.7 Å². The zero-order chi connectivity index (χ0) is 18.3. The molecule has 0 N–H and O–H groups in total. The molecule has 0 aliphatic heterocycles. The SMILES string of the molecule is CCCCCCCCCCC1=C(CCCCCCCC)C(C)=C(C)C1. The van der Waals surface area contributed by atoms with Crippen molar-refractivity contribution >= 4 is 0 Å². The van der Waals surface area contributed by atoms with Crippen molar-refractivity contribution in [3.63, 3.8) is 0 Å². The van der Waals surface area contributed by atoms with Gasteiger partial charge in [-0.2, -0.15) is 0 Å². The number of unbranched alkanes of at least 4 members (excludes halogenated alkanes) is 12. The van der Waals surface area contributed by atoms with E-state index in [0.717, 1.165) is 0 Å². The smallest absolute Gasteiger partial charge is 0.00995 e. The number of allylic oxidation sites excluding steroid dienone is 4. The molecule has 0 fully saturated rings. The molecule has 0 heteroatoms. The zero-order valence-corrected chi connectivity index (χ0v) is 18.0. The van der Waals surface area contributed by atoms with Gasteiger partial charge >= 0.3 is 0 Å². The maximum Gasteiger partial charge on any atom is -0.00995 e. The minimum Gasteiger partial charge on any atom is -0.0661 e. The van der Waals surface area contributed by atoms with E-state index in [4.69, 9.17) is 0 Å². The van der Waals surface area contributed by atoms with E-state index in [9.17, 15) is 0 Å². The maximum absolute atomic E-state index is 2.38. The standard InChI is InChI=1S/C25H46/c1-5-7-9-11-13-14-15-17-19-24-21-22(3)23(4)25(24)20-18-16-12-10-8-6-2/h5-21H2,1-4H3. The first-order valence-electron chi connectivity index (χ1n) is 11.6. The van der Waals surface area contributed by atoms with Gasteiger partial charge < -0.3 is 0 Å². The van der Waals surface area contributed by atoms with Crippen molar-refractivity contribution in [3.05, 3.63) is 22.3 Å². The second-order valence-corrected chi connectivity index (χ2v) is 8.41. The van der Waals surface area contributed by atoms with E-state index >= 15 is 0 Å². The summed E-state index contributed by atoms with van der Waals surface area (Å²) in [6.45, 7) is 9.34. The topological polar surface area (TPSA) is 0 Å². The monoisotopic (exact) mass is 346 g/mol. The molecule has 0 saturated heterocycles. The van der Waals surface area contributed by atoms with Crippen molar-refractivity contribution in [2.24, 2.45) is 0 Å². The van der Waals surface area contributed by atoms with E-state index in [0.29, 0.717) is 0 Å². The van der Waals surface area contributed by atoms with Gasteiger partial charge in [0.05, 0.1) is 0 Å². The molecule has 0 heterocycles. The molecule has 0 amide bonds. The van der Waals surface area contributed by atoms with Gasteiger partial charge in [0.25, 0.3) is 0 Å². The van der Waals surface area contributed by atoms with Crippen molar-refractivity contribution < 1.29 is 0 Å². The van der Waals surface area contributed by atoms with Gasteiger partial charge in [-0.05, 0) is 57.1 Å². The van der Waals surface area contributed by atoms with Crippen LogP contribution in [0.5, 0.6) is 0 Å². The Hall–Kier alpha value is -0.520. The Morgan fingerprint density at radius 1 is 0.560 bits per heavy atom. The van der Waals surface area contributed by atoms with Crippen LogP contribution in [-0.2, 0) is 0 Å². The number of hydrogen-bond donors (Lipinski definition) is 0. The van der Waals surface area contributed by atoms with Gasteiger partial charge in [0.15, 0.2) is 0 Å². The molecule has 0 bridgehead atoms. The van der Waals surface area contributed by atoms with Crippen LogP contribution in [0.4, 0.5) is 0 Å². The predicted octanol–water partition coefficient (Wildman–Crippen LogP) is 9.30. The zero-order valence-electron chi connectivity index (χ0n) is 18.0. The van der Waals surface area contributed by atoms with E-state index in [1.54, 1.807) is 22.3 Å². The molecule has 0 aromatic rings. The van der Waals surface area contributed by atoms with Crippen LogP contribution in [0.1, 0.15) is 137 Å². The van der Waals surface area contributed by atoms with Crippen LogP contribution in [0.15, 0.2) is 22.3 Å². The van der Waals surface area contributed by atoms with Gasteiger partial charge in [-0.1, -0.05) is 102 Å². The quantitative estimate of drug-likeness (QED) is 0.244. The van der Waals surface area contributed by atoms with Crippen molar-refractivity contribution in [1.82, 2.24) is 0 Å². The second-order valence-electron chi connectivity index (χ2n) is 8.41. The molecule has 25 heavy (non-hydrogen) atoms. The summed E-state index contributed by atoms with van der Waals surface area (Å²) in [5, 5.41) is 0. The van der Waals surface area contributed by atoms with E-state index < -0.39 is 0 Å². The normalized spacial score (nSPS) is 14.9. The van der Waals surface area contributed by atoms with Crippen LogP contribution in [0.2, 0.25) is 0 Å². The Labute approximate surface area is 159 Å². The summed E-state index contributed by atoms with van der Waals surface area (Å²) < 4.78 is 0. The molecule has 0 aromatic carbocycles. The van der Waals surface area contributed by atoms with Crippen molar-refractivity contribution in [2.75, 3.05) is 0 Å². The Bertz CT molecular complexity index is 396. The minimum atomic E-state index is 1.29. The molecule has 0 spiro atoms. The van der Waals surface area contributed by atoms with Gasteiger partial charge in [-0.3, -0.25) is 0 Å². The summed E-state index contributed by atoms with van der Waals surface area (Å²) in [7, 11) is 0. The molecule has 0 saturated carbocycles. The highest BCUT2D eigenvalue weighted by Crippen LogP contribution is 2.37. The Morgan fingerprint density at radius 2 is 1.00 bits per heavy atom. The third-order valence-electron chi connectivity index (χ3n) is 6.11. The number of hydrogen-bond acceptors (Lipinski definition) is 0. The Kier molecular flexibility index (Phi) is 13.2. The van der Waals surface area contributed by atoms with E-state index in [1.807, 2.05) is 0 Å². The molecule has 0 atom stereocenters. The van der Waals surface area contributed by atoms with Crippen molar-refractivity contribution in [3.8, 4) is 0 Å². The van der Waals surface area contributed by atoms with Crippen molar-refractivity contribution in [2.45, 2.75) is 137 Å². The van der Waals surface area contributed by atoms with Gasteiger partial charge in [-0.25, -0.2) is 0 Å². The first kappa shape index (κ1) is 22.5. The van der Waals surface area contributed by atoms with E-state index in [1.165, 1.54) is 109 Å². The molecule has 0 aromatic heterocycles. The van der Waals surface area contributed by atoms with Crippen LogP contribution in [0.25, 0.3) is 0 Å². The summed E-state index contributed by atoms with van der Waals surface area (Å²) in [6.07, 6.45) is 24.0. The average Bonchev–Trinajstić information content (AvgIpc) is 2.87. The lowest BCUT2D eigenvalue weighted by Gasteiger charge is -2.10. The van der Waals surface area contributed by atoms with Crippen LogP contribution < -0.4 is 0 Å². The summed E-state index contributed by atoms with van der Waals surface area (Å²) >= 11 is 0. The average molecular weight is 347 g/mol. The third kappa shape index (κ3) is 9.66. The van der Waals surface area contributed by atoms with Crippen LogP contribution >= 0.6 is 0 Å². The van der Waals surface area contributed by atoms with Crippen LogP contribution in [-0.4, -0.2) is 0 Å². The van der Waals surface area contributed by atoms with Crippen LogP contribution in [0, 0.1) is 0 Å². The Morgan fingerprint density at radius 3 is 1.52 bits per heavy atom. The summed E-state index contributed by atoms with van der Waals surface area (Å²) in [6, 6.07) is 0. The first-order valence-corrected chi connectivity index (χ1v) is 11.6. The molecular weight excluding hydrogens is 300 g/mol. The molecule has 0 radical (unpaired) electrons. The summed E-state index contributed by atoms with van der Waals surface area (Å²) in [5.74, 6) is 0. The number of rotatable bonds is 16. The summed E-state index contributed by atoms with van der Waals surface area (Å²) in [4.78, 5) is 0. The fraction of sp³-hybridized carbons (Fsp3) is 0.840. The molecule has 1 aliphatic rings. The molecule has 0 unspecified atom stereocenters. The van der Waals surface area contributed by atoms with Gasteiger partial charge in [0, 0.05) is 0 Å². The Balaban J connectivity index is 2.23. The van der Waals surface area contributed by atoms with Crippen molar-refractivity contribution in [1.29, 1.82) is 0 Å². The summed E-state index contributed by atoms with van der Waals surface area (Å²) in [5.41, 5.74) is 6.85. The largest absolute Gasteiger partial charge is 0.0661 e. The lowest BCUT2D eigenvalue weighted by atomic mass is 9.96. The third-order valence-corrected chi connectivity index (χ3v) is 6.11. The molecule has 146 valence electrons. The highest BCUT2D eigenvalue weighted by molar-refractivity contribution is 5.45. The minimum absolute atomic E-state index is 1.29. The first-order chi connectivity index (χ1) is 12.2. The predicted molar refractivity (Wildman–Crippen MR) is 115 cm³/mol. The van der Waals surface area contributed by atoms with Gasteiger partial charge in [0.2, 0.25) is 0 Å². The highest BCUT2D eigenvalue weighted by Gasteiger charge is 2.18. The fourth-order valence-corrected chi connectivity index (χ4v) is 4.24. The lowest BCUT2D eigenvalue weighted by Crippen LogP contribution is -1.91. The second kappa shape index (κ2) is 14.6. The highest BCUT2D eigenvalue weighted by atomic mass is 14.2. The van der Waals surface area contributed by atoms with Gasteiger partial charge in [0.1, 0.15) is 0 Å².